The lowest BCUT2D eigenvalue weighted by Gasteiger charge is -1.96. The van der Waals surface area contributed by atoms with Crippen molar-refractivity contribution in [3.05, 3.63) is 0 Å². The number of fused-ring (bicyclic) bond motifs is 2. The van der Waals surface area contributed by atoms with Gasteiger partial charge in [-0.15, -0.1) is 23.7 Å². The Bertz CT molecular complexity index is 407. The number of aliphatic hydroxyl groups is 2. The number of rotatable bonds is 2. The standard InChI is InChI=1S/2C10H14O/c2*11-7-10-8-5-3-1-2-4-6-9(8)10/h2*8-11H,3-7H2/t2*8-,9+,10?. The van der Waals surface area contributed by atoms with E-state index in [1.54, 1.807) is 0 Å². The second kappa shape index (κ2) is 7.54. The van der Waals surface area contributed by atoms with Crippen molar-refractivity contribution in [2.45, 2.75) is 51.4 Å². The Morgan fingerprint density at radius 1 is 0.545 bits per heavy atom. The Labute approximate surface area is 134 Å². The molecule has 120 valence electrons. The molecule has 22 heavy (non-hydrogen) atoms. The van der Waals surface area contributed by atoms with Crippen molar-refractivity contribution in [1.29, 1.82) is 0 Å². The van der Waals surface area contributed by atoms with E-state index in [-0.39, 0.29) is 0 Å². The van der Waals surface area contributed by atoms with Crippen LogP contribution in [0.3, 0.4) is 0 Å². The van der Waals surface area contributed by atoms with Gasteiger partial charge in [-0.1, -0.05) is 0 Å². The van der Waals surface area contributed by atoms with E-state index in [9.17, 15) is 0 Å². The van der Waals surface area contributed by atoms with Crippen LogP contribution in [0, 0.1) is 59.2 Å². The van der Waals surface area contributed by atoms with Gasteiger partial charge in [0, 0.05) is 38.9 Å². The van der Waals surface area contributed by atoms with Gasteiger partial charge in [-0.25, -0.2) is 0 Å². The van der Waals surface area contributed by atoms with Gasteiger partial charge in [0.2, 0.25) is 0 Å². The van der Waals surface area contributed by atoms with Gasteiger partial charge in [0.05, 0.1) is 0 Å². The second-order valence-corrected chi connectivity index (χ2v) is 7.21. The monoisotopic (exact) mass is 300 g/mol. The summed E-state index contributed by atoms with van der Waals surface area (Å²) in [6.07, 6.45) is 9.11. The van der Waals surface area contributed by atoms with Crippen molar-refractivity contribution in [3.63, 3.8) is 0 Å². The second-order valence-electron chi connectivity index (χ2n) is 7.21. The topological polar surface area (TPSA) is 40.5 Å². The van der Waals surface area contributed by atoms with Crippen LogP contribution in [-0.2, 0) is 0 Å². The molecule has 0 aromatic carbocycles. The molecule has 0 amide bonds. The maximum absolute atomic E-state index is 8.98. The molecule has 0 aromatic heterocycles. The van der Waals surface area contributed by atoms with E-state index < -0.39 is 0 Å². The van der Waals surface area contributed by atoms with E-state index in [0.29, 0.717) is 25.0 Å². The molecule has 6 atom stereocenters. The summed E-state index contributed by atoms with van der Waals surface area (Å²) in [5, 5.41) is 18.0. The molecule has 2 unspecified atom stereocenters. The van der Waals surface area contributed by atoms with Crippen molar-refractivity contribution in [2.75, 3.05) is 13.2 Å². The molecule has 0 saturated heterocycles. The molecule has 4 aliphatic rings. The third-order valence-electron chi connectivity index (χ3n) is 6.10. The molecular formula is C20H28O2. The quantitative estimate of drug-likeness (QED) is 0.770. The molecule has 0 aromatic rings. The van der Waals surface area contributed by atoms with Gasteiger partial charge in [-0.3, -0.25) is 0 Å². The van der Waals surface area contributed by atoms with Crippen LogP contribution < -0.4 is 0 Å². The summed E-state index contributed by atoms with van der Waals surface area (Å²) in [4.78, 5) is 0. The van der Waals surface area contributed by atoms with Crippen LogP contribution in [0.15, 0.2) is 0 Å². The fourth-order valence-corrected chi connectivity index (χ4v) is 4.61. The van der Waals surface area contributed by atoms with Gasteiger partial charge < -0.3 is 10.2 Å². The largest absolute Gasteiger partial charge is 0.396 e. The van der Waals surface area contributed by atoms with E-state index in [4.69, 9.17) is 10.2 Å². The molecule has 2 nitrogen and oxygen atoms in total. The Balaban J connectivity index is 0.000000131. The summed E-state index contributed by atoms with van der Waals surface area (Å²) < 4.78 is 0. The van der Waals surface area contributed by atoms with Gasteiger partial charge in [0.15, 0.2) is 0 Å². The van der Waals surface area contributed by atoms with Crippen LogP contribution in [0.5, 0.6) is 0 Å². The smallest absolute Gasteiger partial charge is 0.0464 e. The number of hydrogen-bond donors (Lipinski definition) is 2. The molecule has 0 heterocycles. The van der Waals surface area contributed by atoms with Crippen LogP contribution in [0.1, 0.15) is 51.4 Å². The molecular weight excluding hydrogens is 272 g/mol. The minimum Gasteiger partial charge on any atom is -0.396 e. The Morgan fingerprint density at radius 2 is 0.818 bits per heavy atom. The predicted octanol–water partition coefficient (Wildman–Crippen LogP) is 2.84. The van der Waals surface area contributed by atoms with Gasteiger partial charge in [0.1, 0.15) is 0 Å². The summed E-state index contributed by atoms with van der Waals surface area (Å²) in [7, 11) is 0. The lowest BCUT2D eigenvalue weighted by Crippen LogP contribution is -1.88. The Morgan fingerprint density at radius 3 is 1.05 bits per heavy atom. The lowest BCUT2D eigenvalue weighted by atomic mass is 10.1. The van der Waals surface area contributed by atoms with Crippen LogP contribution >= 0.6 is 0 Å². The third-order valence-corrected chi connectivity index (χ3v) is 6.10. The van der Waals surface area contributed by atoms with Crippen LogP contribution in [0.4, 0.5) is 0 Å². The zero-order valence-corrected chi connectivity index (χ0v) is 13.4. The zero-order valence-electron chi connectivity index (χ0n) is 13.4. The van der Waals surface area contributed by atoms with Gasteiger partial charge >= 0.3 is 0 Å². The summed E-state index contributed by atoms with van der Waals surface area (Å²) >= 11 is 0. The Kier molecular flexibility index (Phi) is 5.46. The van der Waals surface area contributed by atoms with E-state index >= 15 is 0 Å². The fraction of sp³-hybridized carbons (Fsp3) is 0.800. The minimum atomic E-state index is 0.398. The average molecular weight is 300 g/mol. The molecule has 0 aliphatic heterocycles. The van der Waals surface area contributed by atoms with E-state index in [1.807, 2.05) is 0 Å². The van der Waals surface area contributed by atoms with Crippen molar-refractivity contribution >= 4 is 0 Å². The molecule has 4 aliphatic carbocycles. The highest BCUT2D eigenvalue weighted by Gasteiger charge is 2.48. The maximum atomic E-state index is 8.98. The Hall–Kier alpha value is -0.960. The fourth-order valence-electron chi connectivity index (χ4n) is 4.61. The SMILES string of the molecule is OCC1[C@H]2CCC#CCC[C@@H]12.OCC1[C@H]2CCC#CCC[C@@H]12. The minimum absolute atomic E-state index is 0.398. The van der Waals surface area contributed by atoms with Gasteiger partial charge in [0.25, 0.3) is 0 Å². The van der Waals surface area contributed by atoms with Crippen molar-refractivity contribution in [2.24, 2.45) is 35.5 Å². The summed E-state index contributed by atoms with van der Waals surface area (Å²) in [5.74, 6) is 17.1. The number of hydrogen-bond acceptors (Lipinski definition) is 2. The maximum Gasteiger partial charge on any atom is 0.0464 e. The molecule has 0 bridgehead atoms. The van der Waals surface area contributed by atoms with Crippen molar-refractivity contribution < 1.29 is 10.2 Å². The summed E-state index contributed by atoms with van der Waals surface area (Å²) in [6, 6.07) is 0. The first-order valence-corrected chi connectivity index (χ1v) is 9.00. The predicted molar refractivity (Wildman–Crippen MR) is 87.6 cm³/mol. The molecule has 2 N–H and O–H groups in total. The van der Waals surface area contributed by atoms with Crippen LogP contribution in [-0.4, -0.2) is 23.4 Å². The van der Waals surface area contributed by atoms with Gasteiger partial charge in [-0.05, 0) is 61.2 Å². The lowest BCUT2D eigenvalue weighted by molar-refractivity contribution is 0.262. The molecule has 2 heteroatoms. The molecule has 0 spiro atoms. The third kappa shape index (κ3) is 3.68. The molecule has 0 radical (unpaired) electrons. The van der Waals surface area contributed by atoms with E-state index in [2.05, 4.69) is 23.7 Å². The average Bonchev–Trinajstić information content (AvgIpc) is 3.34. The first kappa shape index (κ1) is 15.9. The highest BCUT2D eigenvalue weighted by atomic mass is 16.3. The van der Waals surface area contributed by atoms with E-state index in [0.717, 1.165) is 49.4 Å². The highest BCUT2D eigenvalue weighted by molar-refractivity contribution is 5.08. The first-order chi connectivity index (χ1) is 10.9. The molecule has 4 rings (SSSR count). The van der Waals surface area contributed by atoms with E-state index in [1.165, 1.54) is 25.7 Å². The number of aliphatic hydroxyl groups excluding tert-OH is 2. The summed E-state index contributed by atoms with van der Waals surface area (Å²) in [5.41, 5.74) is 0. The normalized spacial score (nSPS) is 41.0. The summed E-state index contributed by atoms with van der Waals surface area (Å²) in [6.45, 7) is 0.796. The van der Waals surface area contributed by atoms with Gasteiger partial charge in [-0.2, -0.15) is 0 Å². The first-order valence-electron chi connectivity index (χ1n) is 9.00. The van der Waals surface area contributed by atoms with Crippen molar-refractivity contribution in [1.82, 2.24) is 0 Å². The van der Waals surface area contributed by atoms with Crippen molar-refractivity contribution in [3.8, 4) is 23.7 Å². The molecule has 2 saturated carbocycles. The van der Waals surface area contributed by atoms with Crippen LogP contribution in [0.2, 0.25) is 0 Å². The highest BCUT2D eigenvalue weighted by Crippen LogP contribution is 2.52. The van der Waals surface area contributed by atoms with Crippen LogP contribution in [0.25, 0.3) is 0 Å². The zero-order chi connectivity index (χ0) is 15.4. The molecule has 2 fully saturated rings.